The summed E-state index contributed by atoms with van der Waals surface area (Å²) in [7, 11) is 5.86. The quantitative estimate of drug-likeness (QED) is 0.0376. The van der Waals surface area contributed by atoms with Crippen LogP contribution in [0.4, 0.5) is 0 Å². The summed E-state index contributed by atoms with van der Waals surface area (Å²) in [5.74, 6) is 2.97. The minimum Gasteiger partial charge on any atom is -0.483 e. The number of carboxylic acid groups (broad SMARTS) is 1. The van der Waals surface area contributed by atoms with Gasteiger partial charge in [0.15, 0.2) is 0 Å². The minimum atomic E-state index is -0.250. The average Bonchev–Trinajstić information content (AvgIpc) is 3.15. The number of hydrogen-bond donors (Lipinski definition) is 1. The zero-order valence-corrected chi connectivity index (χ0v) is 39.1. The highest BCUT2D eigenvalue weighted by atomic mass is 16.5. The van der Waals surface area contributed by atoms with Crippen LogP contribution < -0.4 is 0 Å². The highest BCUT2D eigenvalue weighted by molar-refractivity contribution is 5.69. The van der Waals surface area contributed by atoms with E-state index in [1.807, 2.05) is 0 Å². The van der Waals surface area contributed by atoms with Gasteiger partial charge in [-0.3, -0.25) is 9.59 Å². The molecule has 0 radical (unpaired) electrons. The maximum absolute atomic E-state index is 12.2. The summed E-state index contributed by atoms with van der Waals surface area (Å²) in [5.41, 5.74) is 0. The van der Waals surface area contributed by atoms with Crippen LogP contribution in [-0.4, -0.2) is 69.7 Å². The van der Waals surface area contributed by atoms with E-state index in [-0.39, 0.29) is 18.4 Å². The van der Waals surface area contributed by atoms with Gasteiger partial charge < -0.3 is 24.3 Å². The Morgan fingerprint density at radius 2 is 1.04 bits per heavy atom. The highest BCUT2D eigenvalue weighted by Crippen LogP contribution is 2.25. The zero-order chi connectivity index (χ0) is 42.5. The van der Waals surface area contributed by atoms with Gasteiger partial charge >= 0.3 is 5.97 Å². The molecule has 1 N–H and O–H groups in total. The molecule has 0 aliphatic rings. The number of nitrogens with zero attached hydrogens (tertiary/aromatic N) is 1. The number of unbranched alkanes of at least 4 members (excludes halogenated alkanes) is 16. The first-order chi connectivity index (χ1) is 27.0. The molecule has 7 heteroatoms. The van der Waals surface area contributed by atoms with Crippen LogP contribution in [0.25, 0.3) is 0 Å². The number of ether oxygens (including phenoxy) is 2. The van der Waals surface area contributed by atoms with Crippen LogP contribution in [0.15, 0.2) is 0 Å². The molecule has 7 nitrogen and oxygen atoms in total. The molecule has 0 amide bonds. The lowest BCUT2D eigenvalue weighted by Gasteiger charge is -2.21. The molecule has 0 bridgehead atoms. The molecule has 0 rings (SSSR count). The van der Waals surface area contributed by atoms with E-state index in [0.717, 1.165) is 64.0 Å². The predicted molar refractivity (Wildman–Crippen MR) is 242 cm³/mol. The molecule has 0 saturated heterocycles. The van der Waals surface area contributed by atoms with Crippen LogP contribution in [0.1, 0.15) is 228 Å². The predicted octanol–water partition coefficient (Wildman–Crippen LogP) is 14.1. The molecule has 0 fully saturated rings. The molecule has 0 aromatic heterocycles. The van der Waals surface area contributed by atoms with E-state index in [2.05, 4.69) is 60.5 Å². The normalized spacial score (nSPS) is 12.3. The lowest BCUT2D eigenvalue weighted by molar-refractivity contribution is -0.145. The summed E-state index contributed by atoms with van der Waals surface area (Å²) >= 11 is 0. The summed E-state index contributed by atoms with van der Waals surface area (Å²) in [4.78, 5) is 34.3. The molecular weight excluding hydrogens is 699 g/mol. The van der Waals surface area contributed by atoms with E-state index < -0.39 is 0 Å². The minimum absolute atomic E-state index is 0.0197. The highest BCUT2D eigenvalue weighted by Gasteiger charge is 2.16. The Kier molecular flexibility index (Phi) is 50.3. The van der Waals surface area contributed by atoms with Crippen molar-refractivity contribution in [3.8, 4) is 0 Å². The summed E-state index contributed by atoms with van der Waals surface area (Å²) in [5, 5.41) is 6.89. The maximum atomic E-state index is 12.2. The van der Waals surface area contributed by atoms with Gasteiger partial charge in [0.05, 0.1) is 6.61 Å². The Balaban J connectivity index is -0.00000222. The Labute approximate surface area is 350 Å². The first-order valence-corrected chi connectivity index (χ1v) is 23.8. The fourth-order valence-electron chi connectivity index (χ4n) is 7.32. The summed E-state index contributed by atoms with van der Waals surface area (Å²) in [6.07, 6.45) is 37.9. The lowest BCUT2D eigenvalue weighted by Crippen LogP contribution is -2.19. The number of rotatable bonds is 39. The van der Waals surface area contributed by atoms with E-state index in [0.29, 0.717) is 30.8 Å². The van der Waals surface area contributed by atoms with Crippen molar-refractivity contribution in [3.63, 3.8) is 0 Å². The van der Waals surface area contributed by atoms with Crippen molar-refractivity contribution in [1.29, 1.82) is 0 Å². The van der Waals surface area contributed by atoms with Crippen LogP contribution in [0, 0.1) is 29.6 Å². The fraction of sp³-hybridized carbons (Fsp3) is 0.939. The standard InChI is InChI=1S/C42H82O3.C6H15NO.CH2O2/c1-7-9-21-27-39(28-22-10-8-2)29-23-17-13-11-12-14-18-24-30-40(35-43)31-25-19-15-16-20-26-32-42(44)45-36-41(38(5)6)34-33-37(3)4;1-7(2)5-4-6-8-3;2-1-3/h35,37-41H,7-34,36H2,1-6H3;4-6H2,1-3H3;1H,(H,2,3). The molecule has 336 valence electrons. The zero-order valence-electron chi connectivity index (χ0n) is 39.1. The fourth-order valence-corrected chi connectivity index (χ4v) is 7.32. The summed E-state index contributed by atoms with van der Waals surface area (Å²) < 4.78 is 10.5. The number of hydrogen-bond acceptors (Lipinski definition) is 6. The van der Waals surface area contributed by atoms with Gasteiger partial charge in [0, 0.05) is 26.1 Å². The molecule has 0 aromatic carbocycles. The molecular formula is C49H99NO6. The molecule has 0 aromatic rings. The van der Waals surface area contributed by atoms with Crippen LogP contribution in [0.2, 0.25) is 0 Å². The van der Waals surface area contributed by atoms with Gasteiger partial charge in [0.25, 0.3) is 6.47 Å². The van der Waals surface area contributed by atoms with Crippen molar-refractivity contribution in [2.45, 2.75) is 228 Å². The average molecular weight is 798 g/mol. The van der Waals surface area contributed by atoms with Crippen LogP contribution in [-0.2, 0) is 23.9 Å². The molecule has 0 aliphatic heterocycles. The molecule has 0 aliphatic carbocycles. The van der Waals surface area contributed by atoms with Gasteiger partial charge in [-0.15, -0.1) is 0 Å². The van der Waals surface area contributed by atoms with Gasteiger partial charge in [0.1, 0.15) is 6.29 Å². The van der Waals surface area contributed by atoms with Crippen molar-refractivity contribution in [1.82, 2.24) is 4.90 Å². The Bertz CT molecular complexity index is 779. The second-order valence-corrected chi connectivity index (χ2v) is 17.7. The first-order valence-electron chi connectivity index (χ1n) is 23.8. The van der Waals surface area contributed by atoms with Crippen LogP contribution in [0.5, 0.6) is 0 Å². The largest absolute Gasteiger partial charge is 0.483 e. The first kappa shape index (κ1) is 58.8. The number of carbonyl (C=O) groups excluding carboxylic acids is 2. The third-order valence-corrected chi connectivity index (χ3v) is 11.2. The van der Waals surface area contributed by atoms with Gasteiger partial charge in [-0.1, -0.05) is 189 Å². The van der Waals surface area contributed by atoms with E-state index in [1.165, 1.54) is 141 Å². The Hall–Kier alpha value is -1.47. The second-order valence-electron chi connectivity index (χ2n) is 17.7. The second kappa shape index (κ2) is 47.9. The van der Waals surface area contributed by atoms with Gasteiger partial charge in [-0.2, -0.15) is 0 Å². The van der Waals surface area contributed by atoms with E-state index in [9.17, 15) is 9.59 Å². The monoisotopic (exact) mass is 798 g/mol. The van der Waals surface area contributed by atoms with Crippen LogP contribution >= 0.6 is 0 Å². The molecule has 2 atom stereocenters. The van der Waals surface area contributed by atoms with Crippen molar-refractivity contribution >= 4 is 18.7 Å². The summed E-state index contributed by atoms with van der Waals surface area (Å²) in [6.45, 7) is 16.0. The maximum Gasteiger partial charge on any atom is 0.305 e. The lowest BCUT2D eigenvalue weighted by atomic mass is 9.89. The smallest absolute Gasteiger partial charge is 0.305 e. The molecule has 2 unspecified atom stereocenters. The topological polar surface area (TPSA) is 93.1 Å². The van der Waals surface area contributed by atoms with Gasteiger partial charge in [0.2, 0.25) is 0 Å². The van der Waals surface area contributed by atoms with Gasteiger partial charge in [-0.05, 0) is 76.4 Å². The van der Waals surface area contributed by atoms with E-state index in [1.54, 1.807) is 7.11 Å². The SMILES string of the molecule is CCCCCC(CCCCC)CCCCCCCCCCC(C=O)CCCCCCCCC(=O)OCC(CCC(C)C)C(C)C.COCCCN(C)C.O=CO. The molecule has 0 spiro atoms. The number of carbonyl (C=O) groups is 3. The van der Waals surface area contributed by atoms with Crippen molar-refractivity contribution in [3.05, 3.63) is 0 Å². The Morgan fingerprint density at radius 3 is 1.43 bits per heavy atom. The number of methoxy groups -OCH3 is 1. The third kappa shape index (κ3) is 48.7. The van der Waals surface area contributed by atoms with Gasteiger partial charge in [-0.25, -0.2) is 0 Å². The van der Waals surface area contributed by atoms with Crippen molar-refractivity contribution in [2.75, 3.05) is 41.0 Å². The summed E-state index contributed by atoms with van der Waals surface area (Å²) in [6, 6.07) is 0. The number of esters is 1. The van der Waals surface area contributed by atoms with Crippen LogP contribution in [0.3, 0.4) is 0 Å². The third-order valence-electron chi connectivity index (χ3n) is 11.2. The number of aldehydes is 1. The van der Waals surface area contributed by atoms with E-state index in [4.69, 9.17) is 19.4 Å². The Morgan fingerprint density at radius 1 is 0.607 bits per heavy atom. The van der Waals surface area contributed by atoms with Crippen molar-refractivity contribution in [2.24, 2.45) is 29.6 Å². The molecule has 0 heterocycles. The molecule has 0 saturated carbocycles. The van der Waals surface area contributed by atoms with Crippen molar-refractivity contribution < 1.29 is 29.0 Å². The molecule has 56 heavy (non-hydrogen) atoms. The van der Waals surface area contributed by atoms with E-state index >= 15 is 0 Å².